The number of nitrogens with one attached hydrogen (secondary N) is 1. The number of aliphatic hydroxyl groups is 1. The second-order valence-electron chi connectivity index (χ2n) is 6.03. The van der Waals surface area contributed by atoms with E-state index in [0.29, 0.717) is 17.8 Å². The van der Waals surface area contributed by atoms with E-state index in [2.05, 4.69) is 5.32 Å². The summed E-state index contributed by atoms with van der Waals surface area (Å²) < 4.78 is 0. The third-order valence-corrected chi connectivity index (χ3v) is 4.04. The van der Waals surface area contributed by atoms with Gasteiger partial charge in [-0.15, -0.1) is 0 Å². The van der Waals surface area contributed by atoms with Gasteiger partial charge in [0.25, 0.3) is 0 Å². The zero-order valence-electron chi connectivity index (χ0n) is 14.8. The molecule has 0 aliphatic heterocycles. The van der Waals surface area contributed by atoms with Crippen molar-refractivity contribution in [2.45, 2.75) is 26.9 Å². The average Bonchev–Trinajstić information content (AvgIpc) is 2.60. The highest BCUT2D eigenvalue weighted by atomic mass is 16.3. The van der Waals surface area contributed by atoms with Crippen LogP contribution in [0.25, 0.3) is 0 Å². The molecular formula is C20H24N2O3. The molecule has 0 saturated heterocycles. The third-order valence-electron chi connectivity index (χ3n) is 4.04. The lowest BCUT2D eigenvalue weighted by atomic mass is 10.1. The van der Waals surface area contributed by atoms with Crippen molar-refractivity contribution >= 4 is 17.5 Å². The van der Waals surface area contributed by atoms with Crippen molar-refractivity contribution in [2.75, 3.05) is 18.4 Å². The second kappa shape index (κ2) is 8.44. The Morgan fingerprint density at radius 2 is 1.84 bits per heavy atom. The highest BCUT2D eigenvalue weighted by Crippen LogP contribution is 2.17. The number of hydrogen-bond donors (Lipinski definition) is 2. The molecule has 2 N–H and O–H groups in total. The minimum atomic E-state index is -0.755. The molecule has 5 nitrogen and oxygen atoms in total. The molecule has 0 aromatic heterocycles. The third kappa shape index (κ3) is 5.16. The van der Waals surface area contributed by atoms with E-state index < -0.39 is 6.10 Å². The Balaban J connectivity index is 2.04. The van der Waals surface area contributed by atoms with Gasteiger partial charge in [0.2, 0.25) is 0 Å². The molecule has 0 fully saturated rings. The van der Waals surface area contributed by atoms with Gasteiger partial charge in [-0.1, -0.05) is 42.0 Å². The number of carbonyl (C=O) groups excluding carboxylic acids is 2. The zero-order chi connectivity index (χ0) is 18.4. The SMILES string of the molecule is CCN(CC(O)c1ccc(C)cc1)C(=O)Nc1cccc(C(C)=O)c1. The largest absolute Gasteiger partial charge is 0.387 e. The minimum absolute atomic E-state index is 0.0572. The maximum Gasteiger partial charge on any atom is 0.321 e. The van der Waals surface area contributed by atoms with Crippen molar-refractivity contribution in [1.29, 1.82) is 0 Å². The summed E-state index contributed by atoms with van der Waals surface area (Å²) >= 11 is 0. The van der Waals surface area contributed by atoms with Gasteiger partial charge in [-0.2, -0.15) is 0 Å². The predicted octanol–water partition coefficient (Wildman–Crippen LogP) is 3.79. The summed E-state index contributed by atoms with van der Waals surface area (Å²) in [6, 6.07) is 14.1. The Morgan fingerprint density at radius 1 is 1.16 bits per heavy atom. The molecule has 0 radical (unpaired) electrons. The van der Waals surface area contributed by atoms with Crippen molar-refractivity contribution in [3.8, 4) is 0 Å². The Bertz CT molecular complexity index is 741. The predicted molar refractivity (Wildman–Crippen MR) is 98.9 cm³/mol. The Kier molecular flexibility index (Phi) is 6.31. The van der Waals surface area contributed by atoms with Gasteiger partial charge in [0.05, 0.1) is 12.6 Å². The maximum atomic E-state index is 12.5. The number of carbonyl (C=O) groups is 2. The number of ketones is 1. The number of hydrogen-bond acceptors (Lipinski definition) is 3. The minimum Gasteiger partial charge on any atom is -0.387 e. The van der Waals surface area contributed by atoms with E-state index >= 15 is 0 Å². The van der Waals surface area contributed by atoms with Gasteiger partial charge < -0.3 is 15.3 Å². The van der Waals surface area contributed by atoms with E-state index in [1.165, 1.54) is 11.8 Å². The molecule has 0 heterocycles. The first-order chi connectivity index (χ1) is 11.9. The molecule has 1 atom stereocenters. The van der Waals surface area contributed by atoms with E-state index in [1.807, 2.05) is 38.1 Å². The first-order valence-corrected chi connectivity index (χ1v) is 8.32. The number of likely N-dealkylation sites (N-methyl/N-ethyl adjacent to an activating group) is 1. The molecular weight excluding hydrogens is 316 g/mol. The Morgan fingerprint density at radius 3 is 2.44 bits per heavy atom. The van der Waals surface area contributed by atoms with Crippen LogP contribution in [0.4, 0.5) is 10.5 Å². The fourth-order valence-corrected chi connectivity index (χ4v) is 2.48. The molecule has 2 amide bonds. The lowest BCUT2D eigenvalue weighted by Gasteiger charge is -2.24. The summed E-state index contributed by atoms with van der Waals surface area (Å²) in [5, 5.41) is 13.2. The lowest BCUT2D eigenvalue weighted by molar-refractivity contribution is 0.101. The van der Waals surface area contributed by atoms with Crippen LogP contribution in [0.1, 0.15) is 41.4 Å². The van der Waals surface area contributed by atoms with E-state index in [4.69, 9.17) is 0 Å². The van der Waals surface area contributed by atoms with Crippen molar-refractivity contribution in [1.82, 2.24) is 4.90 Å². The quantitative estimate of drug-likeness (QED) is 0.786. The van der Waals surface area contributed by atoms with Crippen molar-refractivity contribution < 1.29 is 14.7 Å². The van der Waals surface area contributed by atoms with Crippen LogP contribution in [0.15, 0.2) is 48.5 Å². The number of amides is 2. The van der Waals surface area contributed by atoms with Crippen molar-refractivity contribution in [3.63, 3.8) is 0 Å². The molecule has 2 aromatic rings. The monoisotopic (exact) mass is 340 g/mol. The lowest BCUT2D eigenvalue weighted by Crippen LogP contribution is -2.37. The van der Waals surface area contributed by atoms with Crippen LogP contribution in [-0.4, -0.2) is 34.9 Å². The fraction of sp³-hybridized carbons (Fsp3) is 0.300. The second-order valence-corrected chi connectivity index (χ2v) is 6.03. The molecule has 2 rings (SSSR count). The Labute approximate surface area is 148 Å². The molecule has 0 bridgehead atoms. The van der Waals surface area contributed by atoms with Crippen LogP contribution in [-0.2, 0) is 0 Å². The smallest absolute Gasteiger partial charge is 0.321 e. The number of aliphatic hydroxyl groups excluding tert-OH is 1. The average molecular weight is 340 g/mol. The van der Waals surface area contributed by atoms with Gasteiger partial charge in [-0.25, -0.2) is 4.79 Å². The van der Waals surface area contributed by atoms with Crippen LogP contribution in [0.2, 0.25) is 0 Å². The van der Waals surface area contributed by atoms with E-state index in [0.717, 1.165) is 11.1 Å². The molecule has 0 spiro atoms. The standard InChI is InChI=1S/C20H24N2O3/c1-4-22(13-19(24)16-10-8-14(2)9-11-16)20(25)21-18-7-5-6-17(12-18)15(3)23/h5-12,19,24H,4,13H2,1-3H3,(H,21,25). The van der Waals surface area contributed by atoms with Crippen LogP contribution in [0.5, 0.6) is 0 Å². The first-order valence-electron chi connectivity index (χ1n) is 8.32. The van der Waals surface area contributed by atoms with E-state index in [-0.39, 0.29) is 18.4 Å². The number of nitrogens with zero attached hydrogens (tertiary/aromatic N) is 1. The van der Waals surface area contributed by atoms with Gasteiger partial charge in [0.1, 0.15) is 0 Å². The van der Waals surface area contributed by atoms with E-state index in [9.17, 15) is 14.7 Å². The summed E-state index contributed by atoms with van der Waals surface area (Å²) in [5.41, 5.74) is 2.99. The van der Waals surface area contributed by atoms with Gasteiger partial charge in [0.15, 0.2) is 5.78 Å². The summed E-state index contributed by atoms with van der Waals surface area (Å²) in [6.45, 7) is 5.97. The van der Waals surface area contributed by atoms with Gasteiger partial charge >= 0.3 is 6.03 Å². The topological polar surface area (TPSA) is 69.6 Å². The summed E-state index contributed by atoms with van der Waals surface area (Å²) in [7, 11) is 0. The van der Waals surface area contributed by atoms with Gasteiger partial charge in [-0.05, 0) is 38.5 Å². The van der Waals surface area contributed by atoms with Crippen LogP contribution >= 0.6 is 0 Å². The van der Waals surface area contributed by atoms with E-state index in [1.54, 1.807) is 24.3 Å². The molecule has 1 unspecified atom stereocenters. The molecule has 2 aromatic carbocycles. The van der Waals surface area contributed by atoms with Crippen molar-refractivity contribution in [3.05, 3.63) is 65.2 Å². The Hall–Kier alpha value is -2.66. The van der Waals surface area contributed by atoms with Crippen LogP contribution < -0.4 is 5.32 Å². The molecule has 0 aliphatic carbocycles. The fourth-order valence-electron chi connectivity index (χ4n) is 2.48. The maximum absolute atomic E-state index is 12.5. The molecule has 0 aliphatic rings. The number of rotatable bonds is 6. The van der Waals surface area contributed by atoms with Crippen molar-refractivity contribution in [2.24, 2.45) is 0 Å². The van der Waals surface area contributed by atoms with Gasteiger partial charge in [0, 0.05) is 17.8 Å². The molecule has 0 saturated carbocycles. The van der Waals surface area contributed by atoms with Crippen LogP contribution in [0, 0.1) is 6.92 Å². The number of Topliss-reactive ketones (excluding diaryl/α,β-unsaturated/α-hetero) is 1. The molecule has 5 heteroatoms. The molecule has 25 heavy (non-hydrogen) atoms. The number of urea groups is 1. The summed E-state index contributed by atoms with van der Waals surface area (Å²) in [6.07, 6.45) is -0.755. The normalized spacial score (nSPS) is 11.7. The highest BCUT2D eigenvalue weighted by Gasteiger charge is 2.17. The van der Waals surface area contributed by atoms with Gasteiger partial charge in [-0.3, -0.25) is 4.79 Å². The number of anilines is 1. The van der Waals surface area contributed by atoms with Crippen LogP contribution in [0.3, 0.4) is 0 Å². The highest BCUT2D eigenvalue weighted by molar-refractivity contribution is 5.96. The zero-order valence-corrected chi connectivity index (χ0v) is 14.8. The first kappa shape index (κ1) is 18.7. The number of benzene rings is 2. The molecule has 132 valence electrons. The summed E-state index contributed by atoms with van der Waals surface area (Å²) in [5.74, 6) is -0.0572. The summed E-state index contributed by atoms with van der Waals surface area (Å²) in [4.78, 5) is 25.4. The number of aryl methyl sites for hydroxylation is 1.